The normalized spacial score (nSPS) is 23.1. The predicted octanol–water partition coefficient (Wildman–Crippen LogP) is 2.33. The average Bonchev–Trinajstić information content (AvgIpc) is 2.77. The van der Waals surface area contributed by atoms with Crippen molar-refractivity contribution in [1.82, 2.24) is 5.32 Å². The number of rotatable bonds is 3. The molecule has 1 amide bonds. The summed E-state index contributed by atoms with van der Waals surface area (Å²) in [5.74, 6) is -0.348. The number of hydrogen-bond acceptors (Lipinski definition) is 2. The molecule has 5 heteroatoms. The Labute approximate surface area is 114 Å². The van der Waals surface area contributed by atoms with Crippen molar-refractivity contribution in [2.45, 2.75) is 31.8 Å². The fourth-order valence-corrected chi connectivity index (χ4v) is 2.67. The highest BCUT2D eigenvalue weighted by atomic mass is 79.9. The molecular formula is C13H16BrFN2O. The maximum Gasteiger partial charge on any atom is 0.223 e. The van der Waals surface area contributed by atoms with Gasteiger partial charge in [-0.25, -0.2) is 4.39 Å². The molecule has 1 aliphatic carbocycles. The molecular weight excluding hydrogens is 299 g/mol. The van der Waals surface area contributed by atoms with E-state index in [1.165, 1.54) is 6.07 Å². The van der Waals surface area contributed by atoms with Gasteiger partial charge in [-0.15, -0.1) is 0 Å². The number of amides is 1. The van der Waals surface area contributed by atoms with E-state index in [9.17, 15) is 9.18 Å². The summed E-state index contributed by atoms with van der Waals surface area (Å²) >= 11 is 3.28. The quantitative estimate of drug-likeness (QED) is 0.899. The maximum absolute atomic E-state index is 13.5. The summed E-state index contributed by atoms with van der Waals surface area (Å²) in [5, 5.41) is 2.77. The summed E-state index contributed by atoms with van der Waals surface area (Å²) in [5.41, 5.74) is 6.25. The SMILES string of the molecule is NC1CCC(C(=O)NCc2cc(Br)ccc2F)C1. The lowest BCUT2D eigenvalue weighted by molar-refractivity contribution is -0.125. The number of hydrogen-bond donors (Lipinski definition) is 2. The van der Waals surface area contributed by atoms with Crippen molar-refractivity contribution in [2.75, 3.05) is 0 Å². The Morgan fingerprint density at radius 3 is 2.94 bits per heavy atom. The van der Waals surface area contributed by atoms with E-state index in [4.69, 9.17) is 5.73 Å². The van der Waals surface area contributed by atoms with Crippen molar-refractivity contribution in [2.24, 2.45) is 11.7 Å². The first-order valence-electron chi connectivity index (χ1n) is 6.03. The van der Waals surface area contributed by atoms with Crippen LogP contribution in [-0.2, 0) is 11.3 Å². The van der Waals surface area contributed by atoms with E-state index in [0.29, 0.717) is 5.56 Å². The fourth-order valence-electron chi connectivity index (χ4n) is 2.26. The van der Waals surface area contributed by atoms with Crippen LogP contribution in [0.25, 0.3) is 0 Å². The zero-order chi connectivity index (χ0) is 13.1. The molecule has 0 heterocycles. The molecule has 98 valence electrons. The van der Waals surface area contributed by atoms with Gasteiger partial charge in [0.15, 0.2) is 0 Å². The van der Waals surface area contributed by atoms with Gasteiger partial charge in [-0.3, -0.25) is 4.79 Å². The van der Waals surface area contributed by atoms with E-state index in [2.05, 4.69) is 21.2 Å². The zero-order valence-corrected chi connectivity index (χ0v) is 11.5. The Balaban J connectivity index is 1.91. The van der Waals surface area contributed by atoms with Gasteiger partial charge in [-0.05, 0) is 37.5 Å². The van der Waals surface area contributed by atoms with Crippen LogP contribution in [0, 0.1) is 11.7 Å². The van der Waals surface area contributed by atoms with Gasteiger partial charge < -0.3 is 11.1 Å². The van der Waals surface area contributed by atoms with Crippen molar-refractivity contribution < 1.29 is 9.18 Å². The topological polar surface area (TPSA) is 55.1 Å². The number of carbonyl (C=O) groups is 1. The Hall–Kier alpha value is -0.940. The zero-order valence-electron chi connectivity index (χ0n) is 9.96. The summed E-state index contributed by atoms with van der Waals surface area (Å²) in [6, 6.07) is 4.83. The highest BCUT2D eigenvalue weighted by Crippen LogP contribution is 2.24. The largest absolute Gasteiger partial charge is 0.352 e. The van der Waals surface area contributed by atoms with Gasteiger partial charge in [0.05, 0.1) is 0 Å². The monoisotopic (exact) mass is 314 g/mol. The Kier molecular flexibility index (Phi) is 4.35. The summed E-state index contributed by atoms with van der Waals surface area (Å²) in [4.78, 5) is 11.9. The molecule has 1 aromatic carbocycles. The summed E-state index contributed by atoms with van der Waals surface area (Å²) in [7, 11) is 0. The van der Waals surface area contributed by atoms with Gasteiger partial charge in [0.2, 0.25) is 5.91 Å². The van der Waals surface area contributed by atoms with Crippen LogP contribution in [0.4, 0.5) is 4.39 Å². The molecule has 1 fully saturated rings. The summed E-state index contributed by atoms with van der Waals surface area (Å²) in [6.45, 7) is 0.218. The predicted molar refractivity (Wildman–Crippen MR) is 71.3 cm³/mol. The van der Waals surface area contributed by atoms with Crippen LogP contribution in [-0.4, -0.2) is 11.9 Å². The summed E-state index contributed by atoms with van der Waals surface area (Å²) < 4.78 is 14.3. The summed E-state index contributed by atoms with van der Waals surface area (Å²) in [6.07, 6.45) is 2.45. The second-order valence-electron chi connectivity index (χ2n) is 4.72. The number of nitrogens with one attached hydrogen (secondary N) is 1. The molecule has 2 unspecified atom stereocenters. The molecule has 0 aromatic heterocycles. The van der Waals surface area contributed by atoms with E-state index >= 15 is 0 Å². The van der Waals surface area contributed by atoms with Gasteiger partial charge in [0.25, 0.3) is 0 Å². The average molecular weight is 315 g/mol. The molecule has 1 saturated carbocycles. The van der Waals surface area contributed by atoms with Crippen LogP contribution >= 0.6 is 15.9 Å². The van der Waals surface area contributed by atoms with Gasteiger partial charge in [0, 0.05) is 28.5 Å². The van der Waals surface area contributed by atoms with Crippen LogP contribution in [0.2, 0.25) is 0 Å². The molecule has 0 bridgehead atoms. The minimum absolute atomic E-state index is 0.0183. The fraction of sp³-hybridized carbons (Fsp3) is 0.462. The van der Waals surface area contributed by atoms with Crippen molar-refractivity contribution in [3.63, 3.8) is 0 Å². The van der Waals surface area contributed by atoms with Crippen LogP contribution in [0.1, 0.15) is 24.8 Å². The lowest BCUT2D eigenvalue weighted by Crippen LogP contribution is -2.30. The number of nitrogens with two attached hydrogens (primary N) is 1. The first-order valence-corrected chi connectivity index (χ1v) is 6.83. The van der Waals surface area contributed by atoms with E-state index in [0.717, 1.165) is 23.7 Å². The first kappa shape index (κ1) is 13.5. The number of carbonyl (C=O) groups excluding carboxylic acids is 1. The van der Waals surface area contributed by atoms with E-state index in [1.807, 2.05) is 0 Å². The van der Waals surface area contributed by atoms with Crippen molar-refractivity contribution in [3.05, 3.63) is 34.1 Å². The maximum atomic E-state index is 13.5. The minimum Gasteiger partial charge on any atom is -0.352 e. The van der Waals surface area contributed by atoms with Crippen LogP contribution in [0.5, 0.6) is 0 Å². The molecule has 3 nitrogen and oxygen atoms in total. The van der Waals surface area contributed by atoms with Gasteiger partial charge in [-0.1, -0.05) is 15.9 Å². The third-order valence-corrected chi connectivity index (χ3v) is 3.80. The highest BCUT2D eigenvalue weighted by molar-refractivity contribution is 9.10. The number of benzene rings is 1. The van der Waals surface area contributed by atoms with Crippen LogP contribution in [0.15, 0.2) is 22.7 Å². The number of halogens is 2. The Morgan fingerprint density at radius 2 is 2.28 bits per heavy atom. The molecule has 1 aromatic rings. The van der Waals surface area contributed by atoms with Gasteiger partial charge >= 0.3 is 0 Å². The molecule has 0 spiro atoms. The molecule has 2 atom stereocenters. The van der Waals surface area contributed by atoms with Crippen molar-refractivity contribution >= 4 is 21.8 Å². The third-order valence-electron chi connectivity index (χ3n) is 3.30. The molecule has 2 rings (SSSR count). The van der Waals surface area contributed by atoms with Gasteiger partial charge in [-0.2, -0.15) is 0 Å². The third kappa shape index (κ3) is 3.29. The molecule has 0 aliphatic heterocycles. The lowest BCUT2D eigenvalue weighted by atomic mass is 10.1. The smallest absolute Gasteiger partial charge is 0.223 e. The minimum atomic E-state index is -0.304. The standard InChI is InChI=1S/C13H16BrFN2O/c14-10-2-4-12(15)9(5-10)7-17-13(18)8-1-3-11(16)6-8/h2,4-5,8,11H,1,3,6-7,16H2,(H,17,18). The Morgan fingerprint density at radius 1 is 1.50 bits per heavy atom. The molecule has 18 heavy (non-hydrogen) atoms. The molecule has 0 radical (unpaired) electrons. The van der Waals surface area contributed by atoms with E-state index in [1.54, 1.807) is 12.1 Å². The van der Waals surface area contributed by atoms with Crippen LogP contribution < -0.4 is 11.1 Å². The second kappa shape index (κ2) is 5.80. The lowest BCUT2D eigenvalue weighted by Gasteiger charge is -2.11. The molecule has 3 N–H and O–H groups in total. The van der Waals surface area contributed by atoms with Crippen molar-refractivity contribution in [1.29, 1.82) is 0 Å². The van der Waals surface area contributed by atoms with Crippen LogP contribution in [0.3, 0.4) is 0 Å². The van der Waals surface area contributed by atoms with E-state index in [-0.39, 0.29) is 30.2 Å². The molecule has 0 saturated heterocycles. The first-order chi connectivity index (χ1) is 8.56. The van der Waals surface area contributed by atoms with Crippen molar-refractivity contribution in [3.8, 4) is 0 Å². The Bertz CT molecular complexity index is 453. The highest BCUT2D eigenvalue weighted by Gasteiger charge is 2.27. The van der Waals surface area contributed by atoms with Gasteiger partial charge in [0.1, 0.15) is 5.82 Å². The second-order valence-corrected chi connectivity index (χ2v) is 5.64. The van der Waals surface area contributed by atoms with E-state index < -0.39 is 0 Å². The molecule has 1 aliphatic rings.